The second-order valence-corrected chi connectivity index (χ2v) is 8.61. The van der Waals surface area contributed by atoms with Crippen molar-refractivity contribution in [2.24, 2.45) is 0 Å². The predicted octanol–water partition coefficient (Wildman–Crippen LogP) is 4.69. The van der Waals surface area contributed by atoms with Crippen LogP contribution in [-0.4, -0.2) is 32.1 Å². The zero-order valence-electron chi connectivity index (χ0n) is 16.9. The number of thioether (sulfide) groups is 1. The summed E-state index contributed by atoms with van der Waals surface area (Å²) in [6.07, 6.45) is 0. The van der Waals surface area contributed by atoms with Gasteiger partial charge < -0.3 is 0 Å². The van der Waals surface area contributed by atoms with Gasteiger partial charge in [0.25, 0.3) is 17.4 Å². The lowest BCUT2D eigenvalue weighted by Gasteiger charge is -2.18. The maximum atomic E-state index is 13.4. The molecule has 8 heteroatoms. The zero-order valence-corrected chi connectivity index (χ0v) is 18.5. The van der Waals surface area contributed by atoms with Gasteiger partial charge in [0.05, 0.1) is 33.6 Å². The van der Waals surface area contributed by atoms with Crippen LogP contribution < -0.4 is 5.56 Å². The molecule has 0 bridgehead atoms. The number of aromatic nitrogens is 2. The lowest BCUT2D eigenvalue weighted by molar-refractivity contribution is 0.0684. The van der Waals surface area contributed by atoms with E-state index in [2.05, 4.69) is 4.98 Å². The van der Waals surface area contributed by atoms with E-state index in [0.29, 0.717) is 37.9 Å². The van der Waals surface area contributed by atoms with E-state index in [1.807, 2.05) is 13.0 Å². The smallest absolute Gasteiger partial charge is 0.266 e. The second-order valence-electron chi connectivity index (χ2n) is 7.29. The first-order valence-corrected chi connectivity index (χ1v) is 11.2. The number of imide groups is 1. The summed E-state index contributed by atoms with van der Waals surface area (Å²) in [5.74, 6) is -0.685. The van der Waals surface area contributed by atoms with Crippen molar-refractivity contribution in [2.75, 3.05) is 5.88 Å². The first kappa shape index (κ1) is 20.5. The molecular weight excluding hydrogens is 446 g/mol. The van der Waals surface area contributed by atoms with Gasteiger partial charge in [0.1, 0.15) is 0 Å². The first-order chi connectivity index (χ1) is 15.5. The van der Waals surface area contributed by atoms with Crippen molar-refractivity contribution in [1.29, 1.82) is 0 Å². The van der Waals surface area contributed by atoms with Gasteiger partial charge in [0.2, 0.25) is 0 Å². The number of carbonyl (C=O) groups excluding carboxylic acids is 2. The van der Waals surface area contributed by atoms with Crippen molar-refractivity contribution >= 4 is 46.1 Å². The molecule has 2 heterocycles. The number of nitrogens with zero attached hydrogens (tertiary/aromatic N) is 3. The summed E-state index contributed by atoms with van der Waals surface area (Å²) in [7, 11) is 0. The lowest BCUT2D eigenvalue weighted by Crippen LogP contribution is -2.30. The summed E-state index contributed by atoms with van der Waals surface area (Å²) in [4.78, 5) is 44.8. The number of halogens is 1. The summed E-state index contributed by atoms with van der Waals surface area (Å²) in [6.45, 7) is 1.83. The Morgan fingerprint density at radius 2 is 1.53 bits per heavy atom. The van der Waals surface area contributed by atoms with Crippen LogP contribution >= 0.6 is 23.4 Å². The van der Waals surface area contributed by atoms with Gasteiger partial charge in [-0.25, -0.2) is 4.98 Å². The monoisotopic (exact) mass is 461 g/mol. The molecule has 6 nitrogen and oxygen atoms in total. The molecule has 3 aromatic carbocycles. The molecule has 1 aliphatic rings. The molecule has 0 atom stereocenters. The Bertz CT molecular complexity index is 1450. The van der Waals surface area contributed by atoms with Gasteiger partial charge in [0, 0.05) is 5.02 Å². The Hall–Kier alpha value is -3.42. The fourth-order valence-electron chi connectivity index (χ4n) is 3.74. The van der Waals surface area contributed by atoms with E-state index in [4.69, 9.17) is 11.6 Å². The number of para-hydroxylation sites is 1. The van der Waals surface area contributed by atoms with Crippen molar-refractivity contribution in [3.05, 3.63) is 98.8 Å². The van der Waals surface area contributed by atoms with E-state index in [9.17, 15) is 14.4 Å². The van der Waals surface area contributed by atoms with Crippen LogP contribution in [0.15, 0.2) is 76.7 Å². The quantitative estimate of drug-likeness (QED) is 0.250. The Morgan fingerprint density at radius 3 is 2.25 bits per heavy atom. The van der Waals surface area contributed by atoms with E-state index >= 15 is 0 Å². The van der Waals surface area contributed by atoms with Crippen molar-refractivity contribution in [1.82, 2.24) is 14.5 Å². The Labute approximate surface area is 192 Å². The highest BCUT2D eigenvalue weighted by atomic mass is 35.5. The summed E-state index contributed by atoms with van der Waals surface area (Å²) in [6, 6.07) is 19.1. The normalized spacial score (nSPS) is 13.1. The average molecular weight is 462 g/mol. The Morgan fingerprint density at radius 1 is 0.875 bits per heavy atom. The molecule has 1 aliphatic heterocycles. The van der Waals surface area contributed by atoms with Crippen molar-refractivity contribution in [3.8, 4) is 5.69 Å². The largest absolute Gasteiger partial charge is 0.269 e. The minimum atomic E-state index is -0.355. The molecule has 0 radical (unpaired) electrons. The molecule has 158 valence electrons. The molecule has 0 unspecified atom stereocenters. The molecule has 5 rings (SSSR count). The van der Waals surface area contributed by atoms with E-state index in [1.165, 1.54) is 9.47 Å². The molecule has 0 aliphatic carbocycles. The van der Waals surface area contributed by atoms with Gasteiger partial charge in [-0.3, -0.25) is 23.9 Å². The average Bonchev–Trinajstić information content (AvgIpc) is 3.05. The number of fused-ring (bicyclic) bond motifs is 2. The molecule has 32 heavy (non-hydrogen) atoms. The molecule has 0 fully saturated rings. The summed E-state index contributed by atoms with van der Waals surface area (Å²) >= 11 is 7.47. The van der Waals surface area contributed by atoms with Crippen LogP contribution in [0, 0.1) is 6.92 Å². The summed E-state index contributed by atoms with van der Waals surface area (Å²) in [5, 5.41) is 1.37. The van der Waals surface area contributed by atoms with Crippen molar-refractivity contribution < 1.29 is 9.59 Å². The first-order valence-electron chi connectivity index (χ1n) is 9.82. The van der Waals surface area contributed by atoms with Crippen molar-refractivity contribution in [3.63, 3.8) is 0 Å². The highest BCUT2D eigenvalue weighted by Crippen LogP contribution is 2.29. The summed E-state index contributed by atoms with van der Waals surface area (Å²) in [5.41, 5.74) is 2.39. The van der Waals surface area contributed by atoms with Gasteiger partial charge in [-0.2, -0.15) is 0 Å². The van der Waals surface area contributed by atoms with Crippen LogP contribution in [0.4, 0.5) is 0 Å². The summed E-state index contributed by atoms with van der Waals surface area (Å²) < 4.78 is 1.49. The molecule has 1 aromatic heterocycles. The van der Waals surface area contributed by atoms with E-state index < -0.39 is 0 Å². The molecule has 0 saturated carbocycles. The van der Waals surface area contributed by atoms with E-state index in [-0.39, 0.29) is 23.3 Å². The zero-order chi connectivity index (χ0) is 22.4. The fraction of sp³-hybridized carbons (Fsp3) is 0.0833. The molecular formula is C24H16ClN3O3S. The Kier molecular flexibility index (Phi) is 5.07. The van der Waals surface area contributed by atoms with Gasteiger partial charge >= 0.3 is 0 Å². The molecule has 4 aromatic rings. The minimum absolute atomic E-state index is 0.0245. The van der Waals surface area contributed by atoms with Crippen LogP contribution in [-0.2, 0) is 0 Å². The van der Waals surface area contributed by atoms with Crippen LogP contribution in [0.2, 0.25) is 5.02 Å². The number of hydrogen-bond donors (Lipinski definition) is 0. The molecule has 0 N–H and O–H groups in total. The van der Waals surface area contributed by atoms with Crippen LogP contribution in [0.25, 0.3) is 16.6 Å². The second kappa shape index (κ2) is 7.93. The lowest BCUT2D eigenvalue weighted by atomic mass is 10.1. The van der Waals surface area contributed by atoms with Crippen molar-refractivity contribution in [2.45, 2.75) is 12.1 Å². The molecule has 0 saturated heterocycles. The van der Waals surface area contributed by atoms with Crippen LogP contribution in [0.1, 0.15) is 26.3 Å². The number of hydrogen-bond acceptors (Lipinski definition) is 5. The standard InChI is InChI=1S/C24H16ClN3O3S/c1-14-18(25)10-6-12-20(14)28-23(31)17-9-4-5-11-19(17)26-24(28)32-13-27-21(29)15-7-2-3-8-16(15)22(27)30/h2-12H,13H2,1H3. The number of amides is 2. The molecule has 0 spiro atoms. The van der Waals surface area contributed by atoms with Crippen LogP contribution in [0.3, 0.4) is 0 Å². The maximum Gasteiger partial charge on any atom is 0.266 e. The maximum absolute atomic E-state index is 13.4. The van der Waals surface area contributed by atoms with E-state index in [0.717, 1.165) is 17.3 Å². The van der Waals surface area contributed by atoms with Gasteiger partial charge in [-0.1, -0.05) is 53.7 Å². The number of carbonyl (C=O) groups is 2. The highest BCUT2D eigenvalue weighted by molar-refractivity contribution is 7.99. The van der Waals surface area contributed by atoms with Gasteiger partial charge in [-0.05, 0) is 48.9 Å². The highest BCUT2D eigenvalue weighted by Gasteiger charge is 2.35. The third-order valence-electron chi connectivity index (χ3n) is 5.43. The van der Waals surface area contributed by atoms with Gasteiger partial charge in [-0.15, -0.1) is 0 Å². The molecule has 2 amide bonds. The van der Waals surface area contributed by atoms with E-state index in [1.54, 1.807) is 60.7 Å². The topological polar surface area (TPSA) is 72.3 Å². The SMILES string of the molecule is Cc1c(Cl)cccc1-n1c(SCN2C(=O)c3ccccc3C2=O)nc2ccccc2c1=O. The predicted molar refractivity (Wildman–Crippen MR) is 125 cm³/mol. The van der Waals surface area contributed by atoms with Crippen LogP contribution in [0.5, 0.6) is 0 Å². The minimum Gasteiger partial charge on any atom is -0.269 e. The Balaban J connectivity index is 1.60. The fourth-order valence-corrected chi connectivity index (χ4v) is 4.86. The third kappa shape index (κ3) is 3.21. The number of benzene rings is 3. The third-order valence-corrected chi connectivity index (χ3v) is 6.75. The van der Waals surface area contributed by atoms with Gasteiger partial charge in [0.15, 0.2) is 5.16 Å². The number of rotatable bonds is 4.